The van der Waals surface area contributed by atoms with Gasteiger partial charge in [0.05, 0.1) is 7.11 Å². The third-order valence-electron chi connectivity index (χ3n) is 1.83. The van der Waals surface area contributed by atoms with Gasteiger partial charge in [-0.2, -0.15) is 0 Å². The Morgan fingerprint density at radius 3 is 2.80 bits per heavy atom. The molecule has 5 nitrogen and oxygen atoms in total. The molecule has 1 heterocycles. The summed E-state index contributed by atoms with van der Waals surface area (Å²) in [6.07, 6.45) is 1.48. The monoisotopic (exact) mass is 210 g/mol. The van der Waals surface area contributed by atoms with Gasteiger partial charge in [0, 0.05) is 25.2 Å². The molecule has 84 valence electrons. The first-order valence-electron chi connectivity index (χ1n) is 5.05. The Bertz CT molecular complexity index is 291. The fourth-order valence-electron chi connectivity index (χ4n) is 1.10. The second-order valence-electron chi connectivity index (χ2n) is 3.48. The Balaban J connectivity index is 2.30. The van der Waals surface area contributed by atoms with Crippen LogP contribution in [0.3, 0.4) is 0 Å². The highest BCUT2D eigenvalue weighted by molar-refractivity contribution is 5.36. The molecule has 0 unspecified atom stereocenters. The number of nitrogens with one attached hydrogen (secondary N) is 2. The van der Waals surface area contributed by atoms with Crippen LogP contribution in [-0.2, 0) is 0 Å². The first kappa shape index (κ1) is 11.7. The Hall–Kier alpha value is -1.36. The second kappa shape index (κ2) is 6.19. The quantitative estimate of drug-likeness (QED) is 0.683. The minimum Gasteiger partial charge on any atom is -0.481 e. The number of nitrogens with zero attached hydrogens (tertiary/aromatic N) is 2. The molecule has 0 aliphatic rings. The molecule has 1 aromatic rings. The minimum atomic E-state index is 0.506. The van der Waals surface area contributed by atoms with Crippen molar-refractivity contribution in [2.24, 2.45) is 0 Å². The Kier molecular flexibility index (Phi) is 4.83. The van der Waals surface area contributed by atoms with Gasteiger partial charge in [0.1, 0.15) is 12.1 Å². The summed E-state index contributed by atoms with van der Waals surface area (Å²) in [5, 5.41) is 6.49. The number of ether oxygens (including phenoxy) is 1. The summed E-state index contributed by atoms with van der Waals surface area (Å²) in [7, 11) is 1.59. The van der Waals surface area contributed by atoms with Crippen LogP contribution >= 0.6 is 0 Å². The molecule has 0 spiro atoms. The van der Waals surface area contributed by atoms with Gasteiger partial charge in [0.15, 0.2) is 0 Å². The summed E-state index contributed by atoms with van der Waals surface area (Å²) in [5.74, 6) is 1.36. The molecule has 0 saturated carbocycles. The molecule has 0 aromatic carbocycles. The van der Waals surface area contributed by atoms with E-state index in [0.717, 1.165) is 18.9 Å². The van der Waals surface area contributed by atoms with Crippen molar-refractivity contribution in [2.75, 3.05) is 25.5 Å². The molecule has 0 bridgehead atoms. The highest BCUT2D eigenvalue weighted by Gasteiger charge is 1.97. The van der Waals surface area contributed by atoms with Crippen LogP contribution in [0, 0.1) is 0 Å². The molecule has 0 radical (unpaired) electrons. The molecule has 0 fully saturated rings. The maximum Gasteiger partial charge on any atom is 0.218 e. The highest BCUT2D eigenvalue weighted by Crippen LogP contribution is 2.09. The van der Waals surface area contributed by atoms with Gasteiger partial charge in [-0.3, -0.25) is 0 Å². The zero-order chi connectivity index (χ0) is 11.1. The molecule has 15 heavy (non-hydrogen) atoms. The standard InChI is InChI=1S/C10H18N4O/c1-8(2)11-4-5-12-9-6-10(15-3)14-7-13-9/h6-8,11H,4-5H2,1-3H3,(H,12,13,14). The summed E-state index contributed by atoms with van der Waals surface area (Å²) in [6.45, 7) is 5.98. The second-order valence-corrected chi connectivity index (χ2v) is 3.48. The van der Waals surface area contributed by atoms with Gasteiger partial charge < -0.3 is 15.4 Å². The number of methoxy groups -OCH3 is 1. The first-order chi connectivity index (χ1) is 7.22. The van der Waals surface area contributed by atoms with Crippen molar-refractivity contribution in [3.63, 3.8) is 0 Å². The fourth-order valence-corrected chi connectivity index (χ4v) is 1.10. The molecule has 5 heteroatoms. The zero-order valence-electron chi connectivity index (χ0n) is 9.45. The van der Waals surface area contributed by atoms with Crippen LogP contribution in [0.5, 0.6) is 5.88 Å². The van der Waals surface area contributed by atoms with Crippen molar-refractivity contribution in [3.05, 3.63) is 12.4 Å². The summed E-state index contributed by atoms with van der Waals surface area (Å²) < 4.78 is 4.99. The molecule has 2 N–H and O–H groups in total. The van der Waals surface area contributed by atoms with Crippen LogP contribution in [0.4, 0.5) is 5.82 Å². The third-order valence-corrected chi connectivity index (χ3v) is 1.83. The van der Waals surface area contributed by atoms with Gasteiger partial charge in [-0.15, -0.1) is 0 Å². The SMILES string of the molecule is COc1cc(NCCNC(C)C)ncn1. The van der Waals surface area contributed by atoms with Crippen LogP contribution in [0.15, 0.2) is 12.4 Å². The largest absolute Gasteiger partial charge is 0.481 e. The molecule has 0 aliphatic carbocycles. The molecule has 1 rings (SSSR count). The lowest BCUT2D eigenvalue weighted by Gasteiger charge is -2.09. The molecule has 0 amide bonds. The third kappa shape index (κ3) is 4.60. The van der Waals surface area contributed by atoms with E-state index in [4.69, 9.17) is 4.74 Å². The number of anilines is 1. The molecule has 1 aromatic heterocycles. The summed E-state index contributed by atoms with van der Waals surface area (Å²) in [5.41, 5.74) is 0. The van der Waals surface area contributed by atoms with Gasteiger partial charge in [-0.1, -0.05) is 13.8 Å². The highest BCUT2D eigenvalue weighted by atomic mass is 16.5. The molecule has 0 atom stereocenters. The van der Waals surface area contributed by atoms with Crippen molar-refractivity contribution in [3.8, 4) is 5.88 Å². The number of hydrogen-bond donors (Lipinski definition) is 2. The van der Waals surface area contributed by atoms with Crippen molar-refractivity contribution in [1.82, 2.24) is 15.3 Å². The topological polar surface area (TPSA) is 59.1 Å². The lowest BCUT2D eigenvalue weighted by molar-refractivity contribution is 0.397. The first-order valence-corrected chi connectivity index (χ1v) is 5.05. The Labute approximate surface area is 90.3 Å². The van der Waals surface area contributed by atoms with E-state index in [0.29, 0.717) is 11.9 Å². The van der Waals surface area contributed by atoms with Gasteiger partial charge in [0.25, 0.3) is 0 Å². The van der Waals surface area contributed by atoms with Crippen LogP contribution in [0.25, 0.3) is 0 Å². The average molecular weight is 210 g/mol. The van der Waals surface area contributed by atoms with Crippen LogP contribution in [0.1, 0.15) is 13.8 Å². The van der Waals surface area contributed by atoms with Crippen LogP contribution < -0.4 is 15.4 Å². The van der Waals surface area contributed by atoms with Gasteiger partial charge >= 0.3 is 0 Å². The van der Waals surface area contributed by atoms with Crippen LogP contribution in [-0.4, -0.2) is 36.2 Å². The zero-order valence-corrected chi connectivity index (χ0v) is 9.45. The number of aromatic nitrogens is 2. The summed E-state index contributed by atoms with van der Waals surface area (Å²) in [4.78, 5) is 8.00. The number of rotatable bonds is 6. The van der Waals surface area contributed by atoms with E-state index < -0.39 is 0 Å². The van der Waals surface area contributed by atoms with E-state index in [2.05, 4.69) is 34.4 Å². The molecule has 0 aliphatic heterocycles. The summed E-state index contributed by atoms with van der Waals surface area (Å²) >= 11 is 0. The molecular formula is C10H18N4O. The van der Waals surface area contributed by atoms with Crippen LogP contribution in [0.2, 0.25) is 0 Å². The Morgan fingerprint density at radius 2 is 2.13 bits per heavy atom. The molecular weight excluding hydrogens is 192 g/mol. The Morgan fingerprint density at radius 1 is 1.33 bits per heavy atom. The van der Waals surface area contributed by atoms with Gasteiger partial charge in [-0.25, -0.2) is 9.97 Å². The lowest BCUT2D eigenvalue weighted by atomic mass is 10.4. The van der Waals surface area contributed by atoms with E-state index in [-0.39, 0.29) is 0 Å². The maximum absolute atomic E-state index is 4.99. The van der Waals surface area contributed by atoms with Crippen molar-refractivity contribution < 1.29 is 4.74 Å². The number of hydrogen-bond acceptors (Lipinski definition) is 5. The molecule has 0 saturated heterocycles. The van der Waals surface area contributed by atoms with Crippen molar-refractivity contribution in [1.29, 1.82) is 0 Å². The lowest BCUT2D eigenvalue weighted by Crippen LogP contribution is -2.28. The van der Waals surface area contributed by atoms with E-state index in [1.807, 2.05) is 0 Å². The van der Waals surface area contributed by atoms with Gasteiger partial charge in [0.2, 0.25) is 5.88 Å². The maximum atomic E-state index is 4.99. The van der Waals surface area contributed by atoms with E-state index in [9.17, 15) is 0 Å². The van der Waals surface area contributed by atoms with E-state index in [1.54, 1.807) is 13.2 Å². The average Bonchev–Trinajstić information content (AvgIpc) is 2.24. The predicted octanol–water partition coefficient (Wildman–Crippen LogP) is 0.895. The predicted molar refractivity (Wildman–Crippen MR) is 60.2 cm³/mol. The van der Waals surface area contributed by atoms with Crippen molar-refractivity contribution in [2.45, 2.75) is 19.9 Å². The van der Waals surface area contributed by atoms with Gasteiger partial charge in [-0.05, 0) is 0 Å². The van der Waals surface area contributed by atoms with Crippen molar-refractivity contribution >= 4 is 5.82 Å². The normalized spacial score (nSPS) is 10.4. The minimum absolute atomic E-state index is 0.506. The van der Waals surface area contributed by atoms with E-state index >= 15 is 0 Å². The fraction of sp³-hybridized carbons (Fsp3) is 0.600. The smallest absolute Gasteiger partial charge is 0.218 e. The van der Waals surface area contributed by atoms with E-state index in [1.165, 1.54) is 6.33 Å². The summed E-state index contributed by atoms with van der Waals surface area (Å²) in [6, 6.07) is 2.28.